The smallest absolute Gasteiger partial charge is 0.224 e. The highest BCUT2D eigenvalue weighted by Gasteiger charge is 2.16. The molecule has 6 rings (SSSR count). The van der Waals surface area contributed by atoms with E-state index in [0.717, 1.165) is 34.1 Å². The number of H-pyrrole nitrogens is 2. The number of nitrogens with one attached hydrogen (secondary N) is 3. The number of rotatable bonds is 6. The predicted molar refractivity (Wildman–Crippen MR) is 141 cm³/mol. The molecule has 0 saturated carbocycles. The van der Waals surface area contributed by atoms with E-state index < -0.39 is 0 Å². The molecule has 0 spiro atoms. The van der Waals surface area contributed by atoms with Crippen LogP contribution in [0.2, 0.25) is 0 Å². The van der Waals surface area contributed by atoms with Crippen molar-refractivity contribution in [3.63, 3.8) is 0 Å². The van der Waals surface area contributed by atoms with Crippen LogP contribution in [0.1, 0.15) is 19.8 Å². The van der Waals surface area contributed by atoms with Crippen molar-refractivity contribution in [3.8, 4) is 33.9 Å². The molecule has 9 heteroatoms. The molecule has 0 fully saturated rings. The van der Waals surface area contributed by atoms with Gasteiger partial charge < -0.3 is 10.3 Å². The minimum atomic E-state index is -0.314. The molecular formula is C28H22FN7O. The van der Waals surface area contributed by atoms with Crippen LogP contribution >= 0.6 is 0 Å². The second kappa shape index (κ2) is 9.27. The van der Waals surface area contributed by atoms with E-state index >= 15 is 0 Å². The Bertz CT molecular complexity index is 1770. The van der Waals surface area contributed by atoms with Crippen molar-refractivity contribution in [3.05, 3.63) is 79.0 Å². The lowest BCUT2D eigenvalue weighted by Gasteiger charge is -2.06. The van der Waals surface area contributed by atoms with Crippen molar-refractivity contribution < 1.29 is 9.18 Å². The molecule has 37 heavy (non-hydrogen) atoms. The molecular weight excluding hydrogens is 469 g/mol. The van der Waals surface area contributed by atoms with Crippen LogP contribution in [-0.4, -0.2) is 36.0 Å². The highest BCUT2D eigenvalue weighted by Crippen LogP contribution is 2.33. The molecule has 5 aromatic heterocycles. The Morgan fingerprint density at radius 1 is 1.00 bits per heavy atom. The zero-order chi connectivity index (χ0) is 25.4. The lowest BCUT2D eigenvalue weighted by Crippen LogP contribution is -2.10. The zero-order valence-corrected chi connectivity index (χ0v) is 19.9. The summed E-state index contributed by atoms with van der Waals surface area (Å²) in [5, 5.41) is 11.3. The topological polar surface area (TPSA) is 112 Å². The highest BCUT2D eigenvalue weighted by molar-refractivity contribution is 5.99. The number of anilines is 1. The third-order valence-corrected chi connectivity index (χ3v) is 6.10. The first-order chi connectivity index (χ1) is 18.1. The van der Waals surface area contributed by atoms with Gasteiger partial charge in [0, 0.05) is 40.8 Å². The van der Waals surface area contributed by atoms with Crippen molar-refractivity contribution in [2.24, 2.45) is 0 Å². The van der Waals surface area contributed by atoms with E-state index in [9.17, 15) is 9.18 Å². The van der Waals surface area contributed by atoms with Crippen LogP contribution in [0.3, 0.4) is 0 Å². The lowest BCUT2D eigenvalue weighted by atomic mass is 10.1. The average molecular weight is 492 g/mol. The molecule has 1 aromatic carbocycles. The van der Waals surface area contributed by atoms with Gasteiger partial charge in [-0.3, -0.25) is 19.9 Å². The number of aromatic amines is 2. The maximum Gasteiger partial charge on any atom is 0.224 e. The third-order valence-electron chi connectivity index (χ3n) is 6.10. The fraction of sp³-hybridized carbons (Fsp3) is 0.107. The van der Waals surface area contributed by atoms with Crippen LogP contribution in [-0.2, 0) is 4.79 Å². The average Bonchev–Trinajstić information content (AvgIpc) is 3.52. The summed E-state index contributed by atoms with van der Waals surface area (Å²) in [6.45, 7) is 1.96. The van der Waals surface area contributed by atoms with Crippen molar-refractivity contribution in [2.45, 2.75) is 19.8 Å². The van der Waals surface area contributed by atoms with Gasteiger partial charge in [-0.15, -0.1) is 0 Å². The largest absolute Gasteiger partial charge is 0.353 e. The minimum absolute atomic E-state index is 0.0482. The van der Waals surface area contributed by atoms with Gasteiger partial charge in [0.2, 0.25) is 5.91 Å². The summed E-state index contributed by atoms with van der Waals surface area (Å²) in [6, 6.07) is 15.9. The molecule has 8 nitrogen and oxygen atoms in total. The number of hydrogen-bond acceptors (Lipinski definition) is 5. The number of hydrogen-bond donors (Lipinski definition) is 3. The second-order valence-corrected chi connectivity index (χ2v) is 8.74. The monoisotopic (exact) mass is 491 g/mol. The number of pyridine rings is 3. The Morgan fingerprint density at radius 3 is 2.78 bits per heavy atom. The number of carbonyl (C=O) groups excluding carboxylic acids is 1. The Balaban J connectivity index is 1.40. The summed E-state index contributed by atoms with van der Waals surface area (Å²) in [6.07, 6.45) is 6.25. The van der Waals surface area contributed by atoms with E-state index in [1.807, 2.05) is 43.3 Å². The number of amides is 1. The summed E-state index contributed by atoms with van der Waals surface area (Å²) < 4.78 is 13.9. The summed E-state index contributed by atoms with van der Waals surface area (Å²) in [4.78, 5) is 29.1. The molecule has 0 aliphatic heterocycles. The molecule has 0 aliphatic carbocycles. The molecule has 5 heterocycles. The molecule has 0 saturated heterocycles. The van der Waals surface area contributed by atoms with Crippen molar-refractivity contribution >= 4 is 33.5 Å². The first-order valence-electron chi connectivity index (χ1n) is 11.9. The molecule has 3 N–H and O–H groups in total. The number of nitrogens with zero attached hydrogens (tertiary/aromatic N) is 4. The van der Waals surface area contributed by atoms with Gasteiger partial charge in [-0.2, -0.15) is 5.10 Å². The Kier molecular flexibility index (Phi) is 5.65. The van der Waals surface area contributed by atoms with E-state index in [1.54, 1.807) is 24.7 Å². The molecule has 1 amide bonds. The van der Waals surface area contributed by atoms with Crippen LogP contribution in [0, 0.1) is 5.82 Å². The van der Waals surface area contributed by atoms with E-state index in [-0.39, 0.29) is 11.7 Å². The third kappa shape index (κ3) is 4.31. The van der Waals surface area contributed by atoms with Crippen molar-refractivity contribution in [2.75, 3.05) is 5.32 Å². The molecule has 0 atom stereocenters. The first-order valence-corrected chi connectivity index (χ1v) is 11.9. The van der Waals surface area contributed by atoms with Crippen LogP contribution in [0.4, 0.5) is 10.1 Å². The van der Waals surface area contributed by atoms with Gasteiger partial charge in [0.05, 0.1) is 34.5 Å². The van der Waals surface area contributed by atoms with Gasteiger partial charge in [0.1, 0.15) is 17.0 Å². The van der Waals surface area contributed by atoms with Crippen LogP contribution < -0.4 is 5.32 Å². The van der Waals surface area contributed by atoms with E-state index in [4.69, 9.17) is 4.98 Å². The number of halogens is 1. The lowest BCUT2D eigenvalue weighted by molar-refractivity contribution is -0.116. The van der Waals surface area contributed by atoms with Crippen LogP contribution in [0.5, 0.6) is 0 Å². The normalized spacial score (nSPS) is 11.3. The first kappa shape index (κ1) is 22.5. The van der Waals surface area contributed by atoms with Gasteiger partial charge >= 0.3 is 0 Å². The number of fused-ring (bicyclic) bond motifs is 2. The molecule has 0 radical (unpaired) electrons. The number of carbonyl (C=O) groups is 1. The highest BCUT2D eigenvalue weighted by atomic mass is 19.1. The Morgan fingerprint density at radius 2 is 1.92 bits per heavy atom. The van der Waals surface area contributed by atoms with Crippen molar-refractivity contribution in [1.29, 1.82) is 0 Å². The number of benzene rings is 1. The second-order valence-electron chi connectivity index (χ2n) is 8.74. The molecule has 0 unspecified atom stereocenters. The molecule has 0 bridgehead atoms. The fourth-order valence-corrected chi connectivity index (χ4v) is 4.39. The fourth-order valence-electron chi connectivity index (χ4n) is 4.39. The summed E-state index contributed by atoms with van der Waals surface area (Å²) in [7, 11) is 0. The standard InChI is InChI=1S/C28H22FN7O/c1-2-4-25(37)32-19-12-17(14-30-15-19)21-7-8-23-27(34-21)28(36-35-23)24-13-20-22(33-24)9-10-31-26(20)16-5-3-6-18(29)11-16/h3,5-15,33H,2,4H2,1H3,(H,32,37)(H,35,36). The van der Waals surface area contributed by atoms with Crippen molar-refractivity contribution in [1.82, 2.24) is 30.1 Å². The SMILES string of the molecule is CCCC(=O)Nc1cncc(-c2ccc3[nH]nc(-c4cc5c(-c6cccc(F)c6)nccc5[nH]4)c3n2)c1. The van der Waals surface area contributed by atoms with E-state index in [0.29, 0.717) is 40.3 Å². The van der Waals surface area contributed by atoms with Gasteiger partial charge in [-0.05, 0) is 48.9 Å². The summed E-state index contributed by atoms with van der Waals surface area (Å²) in [5.41, 5.74) is 7.21. The van der Waals surface area contributed by atoms with Gasteiger partial charge in [0.15, 0.2) is 0 Å². The van der Waals surface area contributed by atoms with E-state index in [2.05, 4.69) is 30.5 Å². The van der Waals surface area contributed by atoms with E-state index in [1.165, 1.54) is 12.1 Å². The Labute approximate surface area is 211 Å². The van der Waals surface area contributed by atoms with Crippen LogP contribution in [0.15, 0.2) is 73.2 Å². The Hall–Kier alpha value is -4.92. The number of aromatic nitrogens is 6. The maximum atomic E-state index is 13.9. The molecule has 182 valence electrons. The quantitative estimate of drug-likeness (QED) is 0.260. The van der Waals surface area contributed by atoms with Crippen LogP contribution in [0.25, 0.3) is 55.8 Å². The summed E-state index contributed by atoms with van der Waals surface area (Å²) >= 11 is 0. The molecule has 6 aromatic rings. The zero-order valence-electron chi connectivity index (χ0n) is 19.9. The molecule has 0 aliphatic rings. The van der Waals surface area contributed by atoms with Gasteiger partial charge in [-0.1, -0.05) is 19.1 Å². The van der Waals surface area contributed by atoms with Gasteiger partial charge in [-0.25, -0.2) is 9.37 Å². The van der Waals surface area contributed by atoms with Gasteiger partial charge in [0.25, 0.3) is 0 Å². The summed E-state index contributed by atoms with van der Waals surface area (Å²) in [5.74, 6) is -0.363. The minimum Gasteiger partial charge on any atom is -0.353 e. The maximum absolute atomic E-state index is 13.9. The predicted octanol–water partition coefficient (Wildman–Crippen LogP) is 6.11.